The van der Waals surface area contributed by atoms with Crippen molar-refractivity contribution in [2.45, 2.75) is 84.0 Å². The summed E-state index contributed by atoms with van der Waals surface area (Å²) in [4.78, 5) is 26.1. The Balaban J connectivity index is 1.45. The molecule has 1 heterocycles. The van der Waals surface area contributed by atoms with Gasteiger partial charge in [0.15, 0.2) is 0 Å². The summed E-state index contributed by atoms with van der Waals surface area (Å²) in [5.41, 5.74) is 4.54. The summed E-state index contributed by atoms with van der Waals surface area (Å²) in [6, 6.07) is 12.4. The van der Waals surface area contributed by atoms with E-state index < -0.39 is 12.1 Å². The van der Waals surface area contributed by atoms with Crippen molar-refractivity contribution in [1.82, 2.24) is 10.6 Å². The summed E-state index contributed by atoms with van der Waals surface area (Å²) in [7, 11) is 0. The molecule has 1 amide bonds. The molecule has 0 aromatic heterocycles. The van der Waals surface area contributed by atoms with Crippen molar-refractivity contribution in [2.75, 3.05) is 4.90 Å². The molecule has 1 aliphatic heterocycles. The molecule has 0 saturated carbocycles. The van der Waals surface area contributed by atoms with E-state index in [-0.39, 0.29) is 41.9 Å². The van der Waals surface area contributed by atoms with Crippen molar-refractivity contribution in [2.24, 2.45) is 0 Å². The molecule has 8 heteroatoms. The lowest BCUT2D eigenvalue weighted by molar-refractivity contribution is -0.133. The maximum Gasteiger partial charge on any atom is 0.331 e. The van der Waals surface area contributed by atoms with Crippen LogP contribution in [0.3, 0.4) is 0 Å². The minimum atomic E-state index is -0.970. The van der Waals surface area contributed by atoms with Crippen molar-refractivity contribution in [3.63, 3.8) is 0 Å². The molecule has 0 radical (unpaired) electrons. The van der Waals surface area contributed by atoms with Gasteiger partial charge in [-0.15, -0.1) is 0 Å². The van der Waals surface area contributed by atoms with Gasteiger partial charge in [0.1, 0.15) is 5.82 Å². The fraction of sp³-hybridized carbons (Fsp3) is 0.448. The number of halogens is 1. The van der Waals surface area contributed by atoms with Gasteiger partial charge in [0, 0.05) is 43.9 Å². The minimum Gasteiger partial charge on any atom is -0.478 e. The number of carbonyl (C=O) groups is 2. The minimum absolute atomic E-state index is 0.0212. The standard InChI is InChI=1S/C29H36FN3O4/c1-4-25(5-2)37-27-14-21(29(35)36)13-26(28(27)32-18(3)34)31-15-19-6-10-24(11-7-19)33-16-20-8-9-23(30)12-22(20)17-33/h6-12,14,25-28,31H,4-5,13,15-17H2,1-3H3,(H,32,34)(H,35,36)/t26-,27+,28+/m0/s1. The molecule has 0 spiro atoms. The third kappa shape index (κ3) is 6.56. The normalized spacial score (nSPS) is 21.1. The average molecular weight is 510 g/mol. The number of nitrogens with one attached hydrogen (secondary N) is 2. The van der Waals surface area contributed by atoms with Crippen LogP contribution >= 0.6 is 0 Å². The maximum atomic E-state index is 13.6. The zero-order chi connectivity index (χ0) is 26.5. The predicted molar refractivity (Wildman–Crippen MR) is 141 cm³/mol. The second kappa shape index (κ2) is 11.9. The van der Waals surface area contributed by atoms with E-state index in [2.05, 4.69) is 15.5 Å². The highest BCUT2D eigenvalue weighted by Crippen LogP contribution is 2.29. The molecule has 2 aliphatic rings. The number of carboxylic acid groups (broad SMARTS) is 1. The second-order valence-corrected chi connectivity index (χ2v) is 9.89. The molecule has 1 aliphatic carbocycles. The number of rotatable bonds is 10. The predicted octanol–water partition coefficient (Wildman–Crippen LogP) is 4.30. The molecule has 0 bridgehead atoms. The van der Waals surface area contributed by atoms with E-state index in [1.54, 1.807) is 12.1 Å². The molecule has 4 rings (SSSR count). The van der Waals surface area contributed by atoms with Crippen molar-refractivity contribution in [3.8, 4) is 0 Å². The van der Waals surface area contributed by atoms with Gasteiger partial charge in [-0.3, -0.25) is 4.79 Å². The molecule has 0 fully saturated rings. The number of ether oxygens (including phenoxy) is 1. The first kappa shape index (κ1) is 26.8. The maximum absolute atomic E-state index is 13.6. The monoisotopic (exact) mass is 509 g/mol. The van der Waals surface area contributed by atoms with Gasteiger partial charge in [0.25, 0.3) is 0 Å². The largest absolute Gasteiger partial charge is 0.478 e. The Morgan fingerprint density at radius 3 is 2.46 bits per heavy atom. The number of carboxylic acids is 1. The van der Waals surface area contributed by atoms with Gasteiger partial charge < -0.3 is 25.4 Å². The van der Waals surface area contributed by atoms with Gasteiger partial charge in [-0.1, -0.05) is 32.0 Å². The lowest BCUT2D eigenvalue weighted by atomic mass is 9.87. The molecule has 2 aromatic rings. The fourth-order valence-corrected chi connectivity index (χ4v) is 5.18. The van der Waals surface area contributed by atoms with Crippen LogP contribution in [0.25, 0.3) is 0 Å². The van der Waals surface area contributed by atoms with Gasteiger partial charge in [-0.25, -0.2) is 9.18 Å². The molecule has 37 heavy (non-hydrogen) atoms. The van der Waals surface area contributed by atoms with Gasteiger partial charge in [-0.05, 0) is 66.3 Å². The van der Waals surface area contributed by atoms with Crippen molar-refractivity contribution >= 4 is 17.6 Å². The highest BCUT2D eigenvalue weighted by molar-refractivity contribution is 5.87. The first-order chi connectivity index (χ1) is 17.8. The number of hydrogen-bond donors (Lipinski definition) is 3. The van der Waals surface area contributed by atoms with Gasteiger partial charge in [0.2, 0.25) is 5.91 Å². The fourth-order valence-electron chi connectivity index (χ4n) is 5.18. The van der Waals surface area contributed by atoms with Crippen molar-refractivity contribution in [3.05, 3.63) is 76.6 Å². The number of hydrogen-bond acceptors (Lipinski definition) is 5. The van der Waals surface area contributed by atoms with Crippen LogP contribution in [0.15, 0.2) is 54.1 Å². The number of anilines is 1. The van der Waals surface area contributed by atoms with Crippen LogP contribution in [0.1, 0.15) is 56.7 Å². The van der Waals surface area contributed by atoms with Crippen LogP contribution in [0.2, 0.25) is 0 Å². The SMILES string of the molecule is CCC(CC)O[C@@H]1C=C(C(=O)O)C[C@H](NCc2ccc(N3Cc4ccc(F)cc4C3)cc2)[C@H]1NC(C)=O. The zero-order valence-corrected chi connectivity index (χ0v) is 21.7. The van der Waals surface area contributed by atoms with E-state index in [9.17, 15) is 19.1 Å². The Morgan fingerprint density at radius 1 is 1.11 bits per heavy atom. The number of benzene rings is 2. The summed E-state index contributed by atoms with van der Waals surface area (Å²) in [6.45, 7) is 7.46. The van der Waals surface area contributed by atoms with Crippen molar-refractivity contribution < 1.29 is 23.8 Å². The second-order valence-electron chi connectivity index (χ2n) is 9.89. The molecule has 198 valence electrons. The van der Waals surface area contributed by atoms with E-state index in [0.29, 0.717) is 13.1 Å². The highest BCUT2D eigenvalue weighted by Gasteiger charge is 2.37. The summed E-state index contributed by atoms with van der Waals surface area (Å²) in [5.74, 6) is -1.37. The molecule has 0 saturated heterocycles. The third-order valence-corrected chi connectivity index (χ3v) is 7.26. The molecular formula is C29H36FN3O4. The topological polar surface area (TPSA) is 90.9 Å². The first-order valence-electron chi connectivity index (χ1n) is 13.0. The van der Waals surface area contributed by atoms with Crippen molar-refractivity contribution in [1.29, 1.82) is 0 Å². The van der Waals surface area contributed by atoms with Gasteiger partial charge in [-0.2, -0.15) is 0 Å². The van der Waals surface area contributed by atoms with E-state index in [1.165, 1.54) is 13.0 Å². The summed E-state index contributed by atoms with van der Waals surface area (Å²) >= 11 is 0. The van der Waals surface area contributed by atoms with E-state index in [4.69, 9.17) is 4.74 Å². The number of amides is 1. The lowest BCUT2D eigenvalue weighted by Crippen LogP contribution is -2.58. The smallest absolute Gasteiger partial charge is 0.331 e. The molecule has 3 atom stereocenters. The summed E-state index contributed by atoms with van der Waals surface area (Å²) in [6.07, 6.45) is 2.98. The van der Waals surface area contributed by atoms with Crippen LogP contribution in [-0.2, 0) is 34.0 Å². The lowest BCUT2D eigenvalue weighted by Gasteiger charge is -2.38. The molecule has 2 aromatic carbocycles. The Bertz CT molecular complexity index is 1150. The number of fused-ring (bicyclic) bond motifs is 1. The molecule has 0 unspecified atom stereocenters. The van der Waals surface area contributed by atoms with E-state index in [0.717, 1.165) is 41.8 Å². The van der Waals surface area contributed by atoms with E-state index >= 15 is 0 Å². The van der Waals surface area contributed by atoms with Gasteiger partial charge >= 0.3 is 5.97 Å². The van der Waals surface area contributed by atoms with Gasteiger partial charge in [0.05, 0.1) is 18.2 Å². The summed E-state index contributed by atoms with van der Waals surface area (Å²) in [5, 5.41) is 16.2. The average Bonchev–Trinajstić information content (AvgIpc) is 3.30. The number of carbonyl (C=O) groups excluding carboxylic acids is 1. The Labute approximate surface area is 217 Å². The van der Waals surface area contributed by atoms with Crippen LogP contribution in [0.4, 0.5) is 10.1 Å². The van der Waals surface area contributed by atoms with Crippen LogP contribution in [0.5, 0.6) is 0 Å². The Morgan fingerprint density at radius 2 is 1.81 bits per heavy atom. The summed E-state index contributed by atoms with van der Waals surface area (Å²) < 4.78 is 19.8. The number of nitrogens with zero attached hydrogens (tertiary/aromatic N) is 1. The quantitative estimate of drug-likeness (QED) is 0.443. The molecular weight excluding hydrogens is 473 g/mol. The first-order valence-corrected chi connectivity index (χ1v) is 13.0. The molecule has 7 nitrogen and oxygen atoms in total. The van der Waals surface area contributed by atoms with Crippen LogP contribution in [0, 0.1) is 5.82 Å². The molecule has 3 N–H and O–H groups in total. The highest BCUT2D eigenvalue weighted by atomic mass is 19.1. The van der Waals surface area contributed by atoms with Crippen LogP contribution < -0.4 is 15.5 Å². The van der Waals surface area contributed by atoms with Crippen LogP contribution in [-0.4, -0.2) is 41.3 Å². The Kier molecular flexibility index (Phi) is 8.61. The number of aliphatic carboxylic acids is 1. The zero-order valence-electron chi connectivity index (χ0n) is 21.7. The van der Waals surface area contributed by atoms with E-state index in [1.807, 2.05) is 44.2 Å². The third-order valence-electron chi connectivity index (χ3n) is 7.26. The Hall–Kier alpha value is -3.23.